The van der Waals surface area contributed by atoms with Crippen molar-refractivity contribution >= 4 is 22.6 Å². The summed E-state index contributed by atoms with van der Waals surface area (Å²) in [5.74, 6) is -0.967. The van der Waals surface area contributed by atoms with Crippen LogP contribution in [0.3, 0.4) is 0 Å². The first-order chi connectivity index (χ1) is 8.50. The molecule has 0 saturated carbocycles. The van der Waals surface area contributed by atoms with Gasteiger partial charge in [0, 0.05) is 9.13 Å². The SMILES string of the molecule is Cc1cccc(C(N)c2cc(F)ccc2F)c1I. The first-order valence-corrected chi connectivity index (χ1v) is 6.54. The van der Waals surface area contributed by atoms with E-state index in [0.29, 0.717) is 0 Å². The number of benzene rings is 2. The van der Waals surface area contributed by atoms with Crippen LogP contribution in [0.5, 0.6) is 0 Å². The molecule has 94 valence electrons. The van der Waals surface area contributed by atoms with Crippen LogP contribution >= 0.6 is 22.6 Å². The predicted molar refractivity (Wildman–Crippen MR) is 76.3 cm³/mol. The molecule has 0 spiro atoms. The van der Waals surface area contributed by atoms with E-state index in [-0.39, 0.29) is 5.56 Å². The molecule has 1 atom stereocenters. The molecule has 2 aromatic carbocycles. The Labute approximate surface area is 118 Å². The van der Waals surface area contributed by atoms with E-state index in [2.05, 4.69) is 22.6 Å². The van der Waals surface area contributed by atoms with Gasteiger partial charge in [0.1, 0.15) is 11.6 Å². The van der Waals surface area contributed by atoms with Crippen LogP contribution < -0.4 is 5.73 Å². The quantitative estimate of drug-likeness (QED) is 0.808. The molecule has 1 nitrogen and oxygen atoms in total. The standard InChI is InChI=1S/C14H12F2IN/c1-8-3-2-4-10(13(8)17)14(18)11-7-9(15)5-6-12(11)16/h2-7,14H,18H2,1H3. The Hall–Kier alpha value is -1.01. The lowest BCUT2D eigenvalue weighted by Crippen LogP contribution is -2.15. The molecular weight excluding hydrogens is 347 g/mol. The van der Waals surface area contributed by atoms with Gasteiger partial charge in [-0.05, 0) is 58.8 Å². The topological polar surface area (TPSA) is 26.0 Å². The molecule has 18 heavy (non-hydrogen) atoms. The van der Waals surface area contributed by atoms with Crippen LogP contribution in [0.1, 0.15) is 22.7 Å². The van der Waals surface area contributed by atoms with E-state index in [1.165, 1.54) is 0 Å². The lowest BCUT2D eigenvalue weighted by molar-refractivity contribution is 0.576. The van der Waals surface area contributed by atoms with Crippen LogP contribution in [0.4, 0.5) is 8.78 Å². The average Bonchev–Trinajstić information content (AvgIpc) is 2.35. The smallest absolute Gasteiger partial charge is 0.128 e. The maximum Gasteiger partial charge on any atom is 0.128 e. The second-order valence-corrected chi connectivity index (χ2v) is 5.20. The summed E-state index contributed by atoms with van der Waals surface area (Å²) in [6.07, 6.45) is 0. The molecule has 0 aliphatic heterocycles. The van der Waals surface area contributed by atoms with Gasteiger partial charge in [-0.25, -0.2) is 8.78 Å². The Morgan fingerprint density at radius 2 is 1.83 bits per heavy atom. The minimum atomic E-state index is -0.660. The number of aryl methyl sites for hydroxylation is 1. The van der Waals surface area contributed by atoms with Gasteiger partial charge in [-0.3, -0.25) is 0 Å². The molecule has 0 aliphatic carbocycles. The number of halogens is 3. The van der Waals surface area contributed by atoms with Gasteiger partial charge >= 0.3 is 0 Å². The summed E-state index contributed by atoms with van der Waals surface area (Å²) in [5.41, 5.74) is 8.10. The summed E-state index contributed by atoms with van der Waals surface area (Å²) < 4.78 is 27.8. The van der Waals surface area contributed by atoms with E-state index >= 15 is 0 Å². The van der Waals surface area contributed by atoms with Crippen molar-refractivity contribution in [3.8, 4) is 0 Å². The molecule has 1 unspecified atom stereocenters. The maximum absolute atomic E-state index is 13.7. The first-order valence-electron chi connectivity index (χ1n) is 5.46. The van der Waals surface area contributed by atoms with Crippen LogP contribution in [0, 0.1) is 22.1 Å². The van der Waals surface area contributed by atoms with Crippen LogP contribution in [0.15, 0.2) is 36.4 Å². The molecule has 0 aliphatic rings. The third-order valence-electron chi connectivity index (χ3n) is 2.85. The van der Waals surface area contributed by atoms with Gasteiger partial charge in [0.15, 0.2) is 0 Å². The highest BCUT2D eigenvalue weighted by molar-refractivity contribution is 14.1. The zero-order valence-electron chi connectivity index (χ0n) is 9.75. The van der Waals surface area contributed by atoms with E-state index < -0.39 is 17.7 Å². The molecule has 2 aromatic rings. The highest BCUT2D eigenvalue weighted by Gasteiger charge is 2.17. The minimum absolute atomic E-state index is 0.179. The zero-order valence-corrected chi connectivity index (χ0v) is 11.9. The van der Waals surface area contributed by atoms with E-state index in [4.69, 9.17) is 5.73 Å². The van der Waals surface area contributed by atoms with Gasteiger partial charge in [0.25, 0.3) is 0 Å². The van der Waals surface area contributed by atoms with Crippen LogP contribution in [0.2, 0.25) is 0 Å². The normalized spacial score (nSPS) is 12.5. The summed E-state index contributed by atoms with van der Waals surface area (Å²) in [5, 5.41) is 0. The van der Waals surface area contributed by atoms with Crippen molar-refractivity contribution in [1.29, 1.82) is 0 Å². The van der Waals surface area contributed by atoms with Crippen LogP contribution in [0.25, 0.3) is 0 Å². The second kappa shape index (κ2) is 5.32. The number of hydrogen-bond donors (Lipinski definition) is 1. The highest BCUT2D eigenvalue weighted by atomic mass is 127. The van der Waals surface area contributed by atoms with Crippen LogP contribution in [-0.4, -0.2) is 0 Å². The summed E-state index contributed by atoms with van der Waals surface area (Å²) in [7, 11) is 0. The summed E-state index contributed by atoms with van der Waals surface area (Å²) in [6, 6.07) is 8.35. The third-order valence-corrected chi connectivity index (χ3v) is 4.32. The number of rotatable bonds is 2. The Morgan fingerprint density at radius 3 is 2.56 bits per heavy atom. The van der Waals surface area contributed by atoms with E-state index in [9.17, 15) is 8.78 Å². The maximum atomic E-state index is 13.7. The van der Waals surface area contributed by atoms with Crippen molar-refractivity contribution in [3.63, 3.8) is 0 Å². The largest absolute Gasteiger partial charge is 0.320 e. The summed E-state index contributed by atoms with van der Waals surface area (Å²) in [6.45, 7) is 1.96. The Morgan fingerprint density at radius 1 is 1.11 bits per heavy atom. The van der Waals surface area contributed by atoms with Gasteiger partial charge in [0.2, 0.25) is 0 Å². The van der Waals surface area contributed by atoms with E-state index in [0.717, 1.165) is 32.9 Å². The molecule has 0 radical (unpaired) electrons. The van der Waals surface area contributed by atoms with Crippen molar-refractivity contribution in [3.05, 3.63) is 68.3 Å². The average molecular weight is 359 g/mol. The van der Waals surface area contributed by atoms with Gasteiger partial charge < -0.3 is 5.73 Å². The van der Waals surface area contributed by atoms with E-state index in [1.807, 2.05) is 25.1 Å². The molecule has 0 amide bonds. The van der Waals surface area contributed by atoms with Gasteiger partial charge in [-0.1, -0.05) is 18.2 Å². The zero-order chi connectivity index (χ0) is 13.3. The third kappa shape index (κ3) is 2.54. The van der Waals surface area contributed by atoms with Crippen molar-refractivity contribution in [1.82, 2.24) is 0 Å². The van der Waals surface area contributed by atoms with Gasteiger partial charge in [0.05, 0.1) is 6.04 Å². The molecule has 4 heteroatoms. The Balaban J connectivity index is 2.51. The van der Waals surface area contributed by atoms with Crippen molar-refractivity contribution < 1.29 is 8.78 Å². The van der Waals surface area contributed by atoms with Crippen molar-refractivity contribution in [2.24, 2.45) is 5.73 Å². The number of nitrogens with two attached hydrogens (primary N) is 1. The highest BCUT2D eigenvalue weighted by Crippen LogP contribution is 2.28. The van der Waals surface area contributed by atoms with Gasteiger partial charge in [-0.2, -0.15) is 0 Å². The lowest BCUT2D eigenvalue weighted by Gasteiger charge is -2.16. The molecule has 2 rings (SSSR count). The molecule has 0 bridgehead atoms. The molecule has 0 saturated heterocycles. The minimum Gasteiger partial charge on any atom is -0.320 e. The fourth-order valence-corrected chi connectivity index (χ4v) is 2.53. The summed E-state index contributed by atoms with van der Waals surface area (Å²) in [4.78, 5) is 0. The fourth-order valence-electron chi connectivity index (χ4n) is 1.83. The Bertz CT molecular complexity index is 582. The van der Waals surface area contributed by atoms with Crippen LogP contribution in [-0.2, 0) is 0 Å². The van der Waals surface area contributed by atoms with Crippen molar-refractivity contribution in [2.75, 3.05) is 0 Å². The van der Waals surface area contributed by atoms with Crippen molar-refractivity contribution in [2.45, 2.75) is 13.0 Å². The second-order valence-electron chi connectivity index (χ2n) is 4.12. The predicted octanol–water partition coefficient (Wildman–Crippen LogP) is 3.93. The Kier molecular flexibility index (Phi) is 3.97. The lowest BCUT2D eigenvalue weighted by atomic mass is 9.98. The van der Waals surface area contributed by atoms with Gasteiger partial charge in [-0.15, -0.1) is 0 Å². The molecule has 0 fully saturated rings. The molecule has 2 N–H and O–H groups in total. The summed E-state index contributed by atoms with van der Waals surface area (Å²) >= 11 is 2.17. The number of hydrogen-bond acceptors (Lipinski definition) is 1. The first kappa shape index (κ1) is 13.4. The molecule has 0 heterocycles. The molecular formula is C14H12F2IN. The van der Waals surface area contributed by atoms with E-state index in [1.54, 1.807) is 0 Å². The monoisotopic (exact) mass is 359 g/mol. The fraction of sp³-hybridized carbons (Fsp3) is 0.143. The molecule has 0 aromatic heterocycles.